The number of fused-ring (bicyclic) bond motifs is 1. The summed E-state index contributed by atoms with van der Waals surface area (Å²) in [5, 5.41) is 11.7. The molecule has 0 fully saturated rings. The van der Waals surface area contributed by atoms with Gasteiger partial charge in [-0.2, -0.15) is 0 Å². The maximum Gasteiger partial charge on any atom is 0.251 e. The van der Waals surface area contributed by atoms with Crippen molar-refractivity contribution in [3.05, 3.63) is 30.1 Å². The molecule has 1 aromatic heterocycles. The molecule has 5 nitrogen and oxygen atoms in total. The van der Waals surface area contributed by atoms with E-state index < -0.39 is 0 Å². The largest absolute Gasteiger partial charge is 0.396 e. The Hall–Kier alpha value is -1.88. The lowest BCUT2D eigenvalue weighted by atomic mass is 10.1. The molecule has 2 N–H and O–H groups in total. The van der Waals surface area contributed by atoms with Gasteiger partial charge in [-0.05, 0) is 24.1 Å². The van der Waals surface area contributed by atoms with Crippen molar-refractivity contribution in [3.63, 3.8) is 0 Å². The normalized spacial score (nSPS) is 12.6. The molecule has 1 heterocycles. The molecule has 0 bridgehead atoms. The summed E-state index contributed by atoms with van der Waals surface area (Å²) in [6, 6.07) is 5.43. The fourth-order valence-electron chi connectivity index (χ4n) is 1.71. The summed E-state index contributed by atoms with van der Waals surface area (Å²) in [4.78, 5) is 16.1. The van der Waals surface area contributed by atoms with Gasteiger partial charge in [-0.25, -0.2) is 4.98 Å². The van der Waals surface area contributed by atoms with Gasteiger partial charge in [-0.15, -0.1) is 0 Å². The second-order valence-corrected chi connectivity index (χ2v) is 4.56. The molecule has 0 aliphatic carbocycles. The molecule has 1 amide bonds. The number of carbonyl (C=O) groups excluding carboxylic acids is 1. The highest BCUT2D eigenvalue weighted by molar-refractivity contribution is 5.97. The van der Waals surface area contributed by atoms with Crippen LogP contribution in [-0.2, 0) is 7.05 Å². The van der Waals surface area contributed by atoms with Crippen LogP contribution in [0.1, 0.15) is 17.3 Å². The molecule has 1 atom stereocenters. The molecule has 0 saturated carbocycles. The third-order valence-electron chi connectivity index (χ3n) is 2.91. The van der Waals surface area contributed by atoms with Gasteiger partial charge in [0.1, 0.15) is 0 Å². The minimum Gasteiger partial charge on any atom is -0.396 e. The number of aromatic nitrogens is 2. The highest BCUT2D eigenvalue weighted by Crippen LogP contribution is 2.13. The van der Waals surface area contributed by atoms with Crippen LogP contribution in [0.15, 0.2) is 24.5 Å². The first-order valence-electron chi connectivity index (χ1n) is 5.92. The first-order valence-corrected chi connectivity index (χ1v) is 5.92. The highest BCUT2D eigenvalue weighted by atomic mass is 16.3. The Morgan fingerprint density at radius 3 is 3.06 bits per heavy atom. The van der Waals surface area contributed by atoms with Crippen LogP contribution in [0.5, 0.6) is 0 Å². The topological polar surface area (TPSA) is 67.2 Å². The zero-order valence-corrected chi connectivity index (χ0v) is 10.6. The lowest BCUT2D eigenvalue weighted by Gasteiger charge is -2.09. The maximum absolute atomic E-state index is 11.9. The van der Waals surface area contributed by atoms with Gasteiger partial charge in [0.2, 0.25) is 0 Å². The van der Waals surface area contributed by atoms with E-state index in [2.05, 4.69) is 10.3 Å². The molecule has 1 aromatic carbocycles. The Labute approximate surface area is 105 Å². The molecule has 5 heteroatoms. The number of rotatable bonds is 4. The van der Waals surface area contributed by atoms with Crippen LogP contribution in [-0.4, -0.2) is 33.7 Å². The molecule has 0 radical (unpaired) electrons. The Kier molecular flexibility index (Phi) is 3.62. The molecule has 0 spiro atoms. The predicted octanol–water partition coefficient (Wildman–Crippen LogP) is 0.931. The average molecular weight is 247 g/mol. The summed E-state index contributed by atoms with van der Waals surface area (Å²) in [7, 11) is 1.91. The SMILES string of the molecule is CC(CO)CNC(=O)c1ccc2c(c1)ncn2C. The van der Waals surface area contributed by atoms with Gasteiger partial charge in [0.25, 0.3) is 5.91 Å². The number of aryl methyl sites for hydroxylation is 1. The molecule has 96 valence electrons. The second-order valence-electron chi connectivity index (χ2n) is 4.56. The van der Waals surface area contributed by atoms with E-state index in [-0.39, 0.29) is 18.4 Å². The van der Waals surface area contributed by atoms with E-state index in [0.29, 0.717) is 12.1 Å². The molecular weight excluding hydrogens is 230 g/mol. The summed E-state index contributed by atoms with van der Waals surface area (Å²) >= 11 is 0. The Morgan fingerprint density at radius 1 is 1.56 bits per heavy atom. The minimum absolute atomic E-state index is 0.0625. The Balaban J connectivity index is 2.13. The van der Waals surface area contributed by atoms with Crippen molar-refractivity contribution in [1.82, 2.24) is 14.9 Å². The first kappa shape index (κ1) is 12.6. The zero-order chi connectivity index (χ0) is 13.1. The van der Waals surface area contributed by atoms with Crippen molar-refractivity contribution in [3.8, 4) is 0 Å². The van der Waals surface area contributed by atoms with Crippen LogP contribution in [0.3, 0.4) is 0 Å². The summed E-state index contributed by atoms with van der Waals surface area (Å²) in [6.07, 6.45) is 1.72. The van der Waals surface area contributed by atoms with E-state index >= 15 is 0 Å². The standard InChI is InChI=1S/C13H17N3O2/c1-9(7-17)6-14-13(18)10-3-4-12-11(5-10)15-8-16(12)2/h3-5,8-9,17H,6-7H2,1-2H3,(H,14,18). The maximum atomic E-state index is 11.9. The number of benzene rings is 1. The number of aliphatic hydroxyl groups is 1. The van der Waals surface area contributed by atoms with Crippen LogP contribution in [0.25, 0.3) is 11.0 Å². The number of amides is 1. The number of nitrogens with zero attached hydrogens (tertiary/aromatic N) is 2. The van der Waals surface area contributed by atoms with Crippen LogP contribution in [0.4, 0.5) is 0 Å². The fraction of sp³-hybridized carbons (Fsp3) is 0.385. The number of aliphatic hydroxyl groups excluding tert-OH is 1. The summed E-state index contributed by atoms with van der Waals surface area (Å²) in [5.74, 6) is -0.0737. The zero-order valence-electron chi connectivity index (χ0n) is 10.6. The van der Waals surface area contributed by atoms with Crippen LogP contribution in [0.2, 0.25) is 0 Å². The summed E-state index contributed by atoms with van der Waals surface area (Å²) in [6.45, 7) is 2.41. The number of imidazole rings is 1. The van der Waals surface area contributed by atoms with E-state index in [4.69, 9.17) is 5.11 Å². The van der Waals surface area contributed by atoms with Crippen molar-refractivity contribution >= 4 is 16.9 Å². The molecule has 0 saturated heterocycles. The van der Waals surface area contributed by atoms with Crippen molar-refractivity contribution in [2.24, 2.45) is 13.0 Å². The summed E-state index contributed by atoms with van der Waals surface area (Å²) in [5.41, 5.74) is 2.39. The molecule has 18 heavy (non-hydrogen) atoms. The minimum atomic E-state index is -0.136. The van der Waals surface area contributed by atoms with E-state index in [9.17, 15) is 4.79 Å². The molecule has 0 aliphatic rings. The fourth-order valence-corrected chi connectivity index (χ4v) is 1.71. The van der Waals surface area contributed by atoms with E-state index in [1.54, 1.807) is 18.5 Å². The van der Waals surface area contributed by atoms with Crippen LogP contribution >= 0.6 is 0 Å². The van der Waals surface area contributed by atoms with Crippen molar-refractivity contribution in [1.29, 1.82) is 0 Å². The predicted molar refractivity (Wildman–Crippen MR) is 69.3 cm³/mol. The lowest BCUT2D eigenvalue weighted by molar-refractivity contribution is 0.0942. The van der Waals surface area contributed by atoms with E-state index in [1.165, 1.54) is 0 Å². The quantitative estimate of drug-likeness (QED) is 0.844. The average Bonchev–Trinajstić information content (AvgIpc) is 2.76. The van der Waals surface area contributed by atoms with Gasteiger partial charge in [0, 0.05) is 25.8 Å². The van der Waals surface area contributed by atoms with Crippen molar-refractivity contribution in [2.75, 3.05) is 13.2 Å². The molecule has 2 aromatic rings. The highest BCUT2D eigenvalue weighted by Gasteiger charge is 2.09. The monoisotopic (exact) mass is 247 g/mol. The van der Waals surface area contributed by atoms with E-state index in [0.717, 1.165) is 11.0 Å². The Bertz CT molecular complexity index is 562. The van der Waals surface area contributed by atoms with Crippen LogP contribution < -0.4 is 5.32 Å². The molecular formula is C13H17N3O2. The first-order chi connectivity index (χ1) is 8.61. The number of hydrogen-bond acceptors (Lipinski definition) is 3. The van der Waals surface area contributed by atoms with Gasteiger partial charge in [-0.3, -0.25) is 4.79 Å². The molecule has 2 rings (SSSR count). The number of carbonyl (C=O) groups is 1. The van der Waals surface area contributed by atoms with Crippen LogP contribution in [0, 0.1) is 5.92 Å². The smallest absolute Gasteiger partial charge is 0.251 e. The lowest BCUT2D eigenvalue weighted by Crippen LogP contribution is -2.29. The number of hydrogen-bond donors (Lipinski definition) is 2. The summed E-state index contributed by atoms with van der Waals surface area (Å²) < 4.78 is 1.91. The van der Waals surface area contributed by atoms with Crippen molar-refractivity contribution in [2.45, 2.75) is 6.92 Å². The van der Waals surface area contributed by atoms with Gasteiger partial charge in [0.05, 0.1) is 17.4 Å². The number of nitrogens with one attached hydrogen (secondary N) is 1. The molecule has 1 unspecified atom stereocenters. The van der Waals surface area contributed by atoms with Gasteiger partial charge in [0.15, 0.2) is 0 Å². The van der Waals surface area contributed by atoms with Gasteiger partial charge in [-0.1, -0.05) is 6.92 Å². The van der Waals surface area contributed by atoms with E-state index in [1.807, 2.05) is 24.6 Å². The Morgan fingerprint density at radius 2 is 2.33 bits per heavy atom. The van der Waals surface area contributed by atoms with Gasteiger partial charge < -0.3 is 15.0 Å². The second kappa shape index (κ2) is 5.18. The third kappa shape index (κ3) is 2.51. The van der Waals surface area contributed by atoms with Gasteiger partial charge >= 0.3 is 0 Å². The third-order valence-corrected chi connectivity index (χ3v) is 2.91. The molecule has 0 aliphatic heterocycles. The van der Waals surface area contributed by atoms with Crippen molar-refractivity contribution < 1.29 is 9.90 Å².